The topological polar surface area (TPSA) is 24.9 Å². The number of nitrogens with one attached hydrogen (secondary N) is 1. The minimum atomic E-state index is 0.616. The summed E-state index contributed by atoms with van der Waals surface area (Å²) in [6.45, 7) is 4.73. The van der Waals surface area contributed by atoms with Gasteiger partial charge in [-0.2, -0.15) is 0 Å². The molecule has 1 heterocycles. The molecule has 2 aromatic rings. The van der Waals surface area contributed by atoms with Crippen molar-refractivity contribution in [1.29, 1.82) is 0 Å². The fourth-order valence-electron chi connectivity index (χ4n) is 2.93. The molecule has 0 radical (unpaired) electrons. The van der Waals surface area contributed by atoms with E-state index in [-0.39, 0.29) is 0 Å². The minimum Gasteiger partial charge on any atom is -0.254 e. The SMILES string of the molecule is CC1CCCC(C)C1NSc1nc2ccccc2s1. The zero-order valence-corrected chi connectivity index (χ0v) is 13.1. The van der Waals surface area contributed by atoms with Crippen molar-refractivity contribution < 1.29 is 0 Å². The van der Waals surface area contributed by atoms with Gasteiger partial charge in [0, 0.05) is 6.04 Å². The smallest absolute Gasteiger partial charge is 0.166 e. The third kappa shape index (κ3) is 2.96. The van der Waals surface area contributed by atoms with Gasteiger partial charge in [0.25, 0.3) is 0 Å². The van der Waals surface area contributed by atoms with Crippen molar-refractivity contribution in [3.63, 3.8) is 0 Å². The van der Waals surface area contributed by atoms with Crippen LogP contribution in [0.4, 0.5) is 0 Å². The molecule has 4 heteroatoms. The number of thiazole rings is 1. The highest BCUT2D eigenvalue weighted by molar-refractivity contribution is 7.99. The molecule has 0 amide bonds. The third-order valence-corrected chi connectivity index (χ3v) is 6.09. The normalized spacial score (nSPS) is 27.8. The number of nitrogens with zero attached hydrogens (tertiary/aromatic N) is 1. The molecule has 1 aliphatic rings. The number of hydrogen-bond acceptors (Lipinski definition) is 4. The second-order valence-electron chi connectivity index (χ2n) is 5.58. The standard InChI is InChI=1S/C15H20N2S2/c1-10-6-5-7-11(2)14(10)17-19-15-16-12-8-3-4-9-13(12)18-15/h3-4,8-11,14,17H,5-7H2,1-2H3. The summed E-state index contributed by atoms with van der Waals surface area (Å²) in [6.07, 6.45) is 4.08. The first-order valence-electron chi connectivity index (χ1n) is 7.02. The molecule has 0 saturated heterocycles. The number of benzene rings is 1. The Balaban J connectivity index is 1.68. The fraction of sp³-hybridized carbons (Fsp3) is 0.533. The van der Waals surface area contributed by atoms with Crippen LogP contribution in [0.5, 0.6) is 0 Å². The first-order valence-corrected chi connectivity index (χ1v) is 8.65. The van der Waals surface area contributed by atoms with E-state index in [0.717, 1.165) is 21.7 Å². The summed E-state index contributed by atoms with van der Waals surface area (Å²) in [6, 6.07) is 8.97. The highest BCUT2D eigenvalue weighted by Gasteiger charge is 2.27. The average molecular weight is 292 g/mol. The highest BCUT2D eigenvalue weighted by Crippen LogP contribution is 2.33. The van der Waals surface area contributed by atoms with Gasteiger partial charge in [0.15, 0.2) is 4.34 Å². The summed E-state index contributed by atoms with van der Waals surface area (Å²) in [5, 5.41) is 0. The molecular formula is C15H20N2S2. The lowest BCUT2D eigenvalue weighted by molar-refractivity contribution is 0.238. The Labute approximate surface area is 123 Å². The summed E-state index contributed by atoms with van der Waals surface area (Å²) in [5.41, 5.74) is 1.11. The van der Waals surface area contributed by atoms with Crippen LogP contribution in [0, 0.1) is 11.8 Å². The first kappa shape index (κ1) is 13.4. The zero-order valence-electron chi connectivity index (χ0n) is 11.4. The lowest BCUT2D eigenvalue weighted by atomic mass is 9.79. The fourth-order valence-corrected chi connectivity index (χ4v) is 5.05. The van der Waals surface area contributed by atoms with Crippen LogP contribution < -0.4 is 4.72 Å². The van der Waals surface area contributed by atoms with Gasteiger partial charge in [-0.25, -0.2) is 4.98 Å². The maximum absolute atomic E-state index is 4.67. The first-order chi connectivity index (χ1) is 9.24. The summed E-state index contributed by atoms with van der Waals surface area (Å²) < 4.78 is 6.07. The van der Waals surface area contributed by atoms with Crippen LogP contribution in [0.25, 0.3) is 10.2 Å². The molecule has 1 saturated carbocycles. The molecule has 1 aromatic heterocycles. The number of hydrogen-bond donors (Lipinski definition) is 1. The van der Waals surface area contributed by atoms with Crippen molar-refractivity contribution in [1.82, 2.24) is 9.71 Å². The lowest BCUT2D eigenvalue weighted by Crippen LogP contribution is -2.39. The Morgan fingerprint density at radius 1 is 1.21 bits per heavy atom. The van der Waals surface area contributed by atoms with E-state index in [9.17, 15) is 0 Å². The molecule has 2 nitrogen and oxygen atoms in total. The Hall–Kier alpha value is -0.580. The molecule has 102 valence electrons. The van der Waals surface area contributed by atoms with Crippen molar-refractivity contribution >= 4 is 33.5 Å². The van der Waals surface area contributed by atoms with Gasteiger partial charge in [0.1, 0.15) is 0 Å². The molecular weight excluding hydrogens is 272 g/mol. The van der Waals surface area contributed by atoms with E-state index >= 15 is 0 Å². The van der Waals surface area contributed by atoms with Gasteiger partial charge in [-0.05, 0) is 48.8 Å². The molecule has 1 aromatic carbocycles. The summed E-state index contributed by atoms with van der Waals surface area (Å²) >= 11 is 3.50. The lowest BCUT2D eigenvalue weighted by Gasteiger charge is -2.34. The van der Waals surface area contributed by atoms with Gasteiger partial charge in [0.05, 0.1) is 10.2 Å². The number of rotatable bonds is 3. The zero-order chi connectivity index (χ0) is 13.2. The number of fused-ring (bicyclic) bond motifs is 1. The van der Waals surface area contributed by atoms with Crippen molar-refractivity contribution in [2.75, 3.05) is 0 Å². The summed E-state index contributed by atoms with van der Waals surface area (Å²) in [5.74, 6) is 1.54. The van der Waals surface area contributed by atoms with Gasteiger partial charge < -0.3 is 0 Å². The number of para-hydroxylation sites is 1. The molecule has 0 bridgehead atoms. The van der Waals surface area contributed by atoms with E-state index in [2.05, 4.69) is 47.8 Å². The van der Waals surface area contributed by atoms with Gasteiger partial charge >= 0.3 is 0 Å². The maximum atomic E-state index is 4.67. The van der Waals surface area contributed by atoms with Crippen molar-refractivity contribution in [2.24, 2.45) is 11.8 Å². The van der Waals surface area contributed by atoms with Crippen LogP contribution in [0.15, 0.2) is 28.6 Å². The Bertz CT molecular complexity index is 509. The van der Waals surface area contributed by atoms with Gasteiger partial charge in [-0.1, -0.05) is 32.4 Å². The quantitative estimate of drug-likeness (QED) is 0.829. The predicted octanol–water partition coefficient (Wildman–Crippen LogP) is 4.72. The molecule has 1 N–H and O–H groups in total. The molecule has 1 fully saturated rings. The van der Waals surface area contributed by atoms with E-state index in [1.54, 1.807) is 23.3 Å². The molecule has 0 spiro atoms. The monoisotopic (exact) mass is 292 g/mol. The van der Waals surface area contributed by atoms with E-state index in [0.29, 0.717) is 6.04 Å². The predicted molar refractivity (Wildman–Crippen MR) is 84.6 cm³/mol. The molecule has 1 aliphatic carbocycles. The Kier molecular flexibility index (Phi) is 4.10. The summed E-state index contributed by atoms with van der Waals surface area (Å²) in [7, 11) is 0. The van der Waals surface area contributed by atoms with Gasteiger partial charge in [0.2, 0.25) is 0 Å². The van der Waals surface area contributed by atoms with Crippen LogP contribution >= 0.6 is 23.3 Å². The van der Waals surface area contributed by atoms with Gasteiger partial charge in [-0.3, -0.25) is 4.72 Å². The molecule has 3 rings (SSSR count). The number of aromatic nitrogens is 1. The van der Waals surface area contributed by atoms with Crippen LogP contribution in [0.3, 0.4) is 0 Å². The van der Waals surface area contributed by atoms with Crippen molar-refractivity contribution in [3.05, 3.63) is 24.3 Å². The summed E-state index contributed by atoms with van der Waals surface area (Å²) in [4.78, 5) is 4.67. The van der Waals surface area contributed by atoms with Crippen molar-refractivity contribution in [2.45, 2.75) is 43.5 Å². The Morgan fingerprint density at radius 3 is 2.68 bits per heavy atom. The molecule has 19 heavy (non-hydrogen) atoms. The highest BCUT2D eigenvalue weighted by atomic mass is 32.2. The second-order valence-corrected chi connectivity index (χ2v) is 7.69. The van der Waals surface area contributed by atoms with E-state index in [1.807, 2.05) is 0 Å². The van der Waals surface area contributed by atoms with Gasteiger partial charge in [-0.15, -0.1) is 11.3 Å². The van der Waals surface area contributed by atoms with Crippen LogP contribution in [0.2, 0.25) is 0 Å². The van der Waals surface area contributed by atoms with E-state index in [4.69, 9.17) is 0 Å². The largest absolute Gasteiger partial charge is 0.254 e. The molecule has 0 aliphatic heterocycles. The van der Waals surface area contributed by atoms with E-state index < -0.39 is 0 Å². The van der Waals surface area contributed by atoms with Crippen molar-refractivity contribution in [3.8, 4) is 0 Å². The van der Waals surface area contributed by atoms with Crippen LogP contribution in [0.1, 0.15) is 33.1 Å². The maximum Gasteiger partial charge on any atom is 0.166 e. The molecule has 2 atom stereocenters. The Morgan fingerprint density at radius 2 is 1.95 bits per heavy atom. The van der Waals surface area contributed by atoms with Crippen LogP contribution in [-0.2, 0) is 0 Å². The average Bonchev–Trinajstić information content (AvgIpc) is 2.81. The van der Waals surface area contributed by atoms with E-state index in [1.165, 1.54) is 24.0 Å². The molecule has 2 unspecified atom stereocenters. The van der Waals surface area contributed by atoms with Crippen LogP contribution in [-0.4, -0.2) is 11.0 Å². The third-order valence-electron chi connectivity index (χ3n) is 4.10. The second kappa shape index (κ2) is 5.81. The minimum absolute atomic E-state index is 0.616.